The highest BCUT2D eigenvalue weighted by atomic mass is 32.1. The molecular formula is C43H63N7O6S. The molecule has 14 heteroatoms. The van der Waals surface area contributed by atoms with Crippen LogP contribution in [-0.4, -0.2) is 62.4 Å². The molecule has 1 heterocycles. The van der Waals surface area contributed by atoms with Gasteiger partial charge in [-0.3, -0.25) is 19.2 Å². The number of amides is 2. The summed E-state index contributed by atoms with van der Waals surface area (Å²) in [5.74, 6) is 4.29. The van der Waals surface area contributed by atoms with Gasteiger partial charge >= 0.3 is 11.9 Å². The summed E-state index contributed by atoms with van der Waals surface area (Å²) in [6.07, 6.45) is 5.88. The lowest BCUT2D eigenvalue weighted by molar-refractivity contribution is -0.149. The number of anilines is 1. The van der Waals surface area contributed by atoms with Gasteiger partial charge in [0.25, 0.3) is 5.91 Å². The lowest BCUT2D eigenvalue weighted by atomic mass is 9.84. The highest BCUT2D eigenvalue weighted by molar-refractivity contribution is 7.09. The average molecular weight is 806 g/mol. The number of ether oxygens (including phenoxy) is 1. The predicted molar refractivity (Wildman–Crippen MR) is 225 cm³/mol. The Morgan fingerprint density at radius 1 is 1.00 bits per heavy atom. The summed E-state index contributed by atoms with van der Waals surface area (Å²) in [7, 11) is 0. The van der Waals surface area contributed by atoms with Crippen LogP contribution in [0.25, 0.3) is 0 Å². The molecule has 0 saturated heterocycles. The van der Waals surface area contributed by atoms with Gasteiger partial charge in [-0.05, 0) is 81.5 Å². The number of hydrogen-bond acceptors (Lipinski definition) is 11. The molecule has 2 aromatic carbocycles. The van der Waals surface area contributed by atoms with E-state index in [-0.39, 0.29) is 30.0 Å². The van der Waals surface area contributed by atoms with Crippen molar-refractivity contribution in [2.45, 2.75) is 124 Å². The number of hydrogen-bond donors (Lipinski definition) is 5. The fourth-order valence-corrected chi connectivity index (χ4v) is 7.51. The number of benzene rings is 2. The number of thiazole rings is 1. The summed E-state index contributed by atoms with van der Waals surface area (Å²) < 4.78 is 5.84. The first kappa shape index (κ1) is 46.4. The Hall–Kier alpha value is -4.95. The second kappa shape index (κ2) is 22.7. The Labute approximate surface area is 342 Å². The molecule has 13 nitrogen and oxygen atoms in total. The summed E-state index contributed by atoms with van der Waals surface area (Å²) in [6, 6.07) is 16.3. The van der Waals surface area contributed by atoms with E-state index in [1.54, 1.807) is 42.6 Å². The fourth-order valence-electron chi connectivity index (χ4n) is 6.67. The van der Waals surface area contributed by atoms with Crippen LogP contribution in [0.5, 0.6) is 0 Å². The van der Waals surface area contributed by atoms with E-state index in [2.05, 4.69) is 10.3 Å². The van der Waals surface area contributed by atoms with Crippen LogP contribution in [0, 0.1) is 11.3 Å². The third-order valence-electron chi connectivity index (χ3n) is 9.82. The second-order valence-corrected chi connectivity index (χ2v) is 16.6. The minimum absolute atomic E-state index is 0.0109. The molecule has 1 aromatic heterocycles. The Morgan fingerprint density at radius 2 is 1.68 bits per heavy atom. The van der Waals surface area contributed by atoms with Gasteiger partial charge < -0.3 is 36.5 Å². The number of nitrogens with one attached hydrogen (secondary N) is 1. The topological polar surface area (TPSA) is 207 Å². The number of aliphatic carboxylic acids is 1. The molecule has 8 N–H and O–H groups in total. The van der Waals surface area contributed by atoms with Crippen molar-refractivity contribution in [1.29, 1.82) is 0 Å². The Kier molecular flexibility index (Phi) is 18.5. The number of carbonyl (C=O) groups excluding carboxylic acids is 3. The summed E-state index contributed by atoms with van der Waals surface area (Å²) in [5.41, 5.74) is 14.4. The van der Waals surface area contributed by atoms with Crippen LogP contribution < -0.4 is 22.6 Å². The van der Waals surface area contributed by atoms with Gasteiger partial charge in [-0.25, -0.2) is 10.8 Å². The van der Waals surface area contributed by atoms with Crippen LogP contribution in [0.1, 0.15) is 126 Å². The van der Waals surface area contributed by atoms with Gasteiger partial charge in [0.2, 0.25) is 5.91 Å². The van der Waals surface area contributed by atoms with E-state index in [0.29, 0.717) is 61.6 Å². The molecule has 0 bridgehead atoms. The second-order valence-electron chi connectivity index (χ2n) is 15.7. The zero-order valence-corrected chi connectivity index (χ0v) is 35.2. The molecule has 57 heavy (non-hydrogen) atoms. The van der Waals surface area contributed by atoms with Crippen LogP contribution in [-0.2, 0) is 32.1 Å². The highest BCUT2D eigenvalue weighted by Gasteiger charge is 2.34. The predicted octanol–water partition coefficient (Wildman–Crippen LogP) is 6.95. The van der Waals surface area contributed by atoms with Crippen LogP contribution >= 0.6 is 11.3 Å². The van der Waals surface area contributed by atoms with Crippen molar-refractivity contribution < 1.29 is 29.0 Å². The molecule has 2 amide bonds. The van der Waals surface area contributed by atoms with Crippen molar-refractivity contribution in [1.82, 2.24) is 20.2 Å². The van der Waals surface area contributed by atoms with Gasteiger partial charge in [-0.2, -0.15) is 0 Å². The Morgan fingerprint density at radius 3 is 2.30 bits per heavy atom. The number of carboxylic acid groups (broad SMARTS) is 1. The van der Waals surface area contributed by atoms with Crippen molar-refractivity contribution in [3.05, 3.63) is 93.7 Å². The van der Waals surface area contributed by atoms with Gasteiger partial charge in [0.05, 0.1) is 12.0 Å². The molecule has 3 rings (SSSR count). The molecule has 3 atom stereocenters. The lowest BCUT2D eigenvalue weighted by Gasteiger charge is -2.36. The maximum atomic E-state index is 13.8. The van der Waals surface area contributed by atoms with E-state index < -0.39 is 35.4 Å². The zero-order chi connectivity index (χ0) is 42.1. The molecule has 3 unspecified atom stereocenters. The molecule has 0 aliphatic carbocycles. The maximum absolute atomic E-state index is 13.8. The van der Waals surface area contributed by atoms with Crippen molar-refractivity contribution in [3.8, 4) is 0 Å². The number of nitrogen functional groups attached to an aromatic ring is 1. The molecule has 3 aromatic rings. The molecule has 0 radical (unpaired) electrons. The van der Waals surface area contributed by atoms with Crippen LogP contribution in [0.2, 0.25) is 0 Å². The first-order valence-corrected chi connectivity index (χ1v) is 20.7. The number of nitrogens with two attached hydrogens (primary N) is 3. The normalized spacial score (nSPS) is 13.4. The van der Waals surface area contributed by atoms with Gasteiger partial charge in [0.1, 0.15) is 10.7 Å². The average Bonchev–Trinajstić information content (AvgIpc) is 3.64. The van der Waals surface area contributed by atoms with Crippen molar-refractivity contribution >= 4 is 40.8 Å². The number of hydrazine groups is 1. The number of esters is 1. The van der Waals surface area contributed by atoms with Crippen LogP contribution in [0.3, 0.4) is 0 Å². The van der Waals surface area contributed by atoms with E-state index in [1.165, 1.54) is 18.3 Å². The standard InChI is InChI=1S/C43H63N7O6S/c1-7-8-17-39(52)50(22-13-12-16-34(45)27-49(46)26-32-14-10-9-11-15-32)37(29(2)3)24-38(56-30(4)51)41-48-36(28-57-41)40(53)47-35(25-43(5,6)42(54)55)23-31-18-20-33(44)21-19-31/h9-11,14-15,18-21,27-29,35,37-38H,7-8,12-13,16-17,22-26,44-46H2,1-6H3,(H,47,53)(H,54,55)/b34-27-. The maximum Gasteiger partial charge on any atom is 0.309 e. The summed E-state index contributed by atoms with van der Waals surface area (Å²) >= 11 is 1.20. The monoisotopic (exact) mass is 805 g/mol. The summed E-state index contributed by atoms with van der Waals surface area (Å²) in [6.45, 7) is 11.7. The van der Waals surface area contributed by atoms with Gasteiger partial charge in [0.15, 0.2) is 6.10 Å². The van der Waals surface area contributed by atoms with Crippen LogP contribution in [0.4, 0.5) is 5.69 Å². The zero-order valence-electron chi connectivity index (χ0n) is 34.4. The van der Waals surface area contributed by atoms with Crippen molar-refractivity contribution in [2.24, 2.45) is 22.9 Å². The number of carboxylic acids is 1. The number of aromatic nitrogens is 1. The number of nitrogens with zero attached hydrogens (tertiary/aromatic N) is 3. The quantitative estimate of drug-likeness (QED) is 0.0206. The van der Waals surface area contributed by atoms with Gasteiger partial charge in [0, 0.05) is 61.4 Å². The summed E-state index contributed by atoms with van der Waals surface area (Å²) in [5, 5.41) is 16.5. The molecule has 0 fully saturated rings. The smallest absolute Gasteiger partial charge is 0.309 e. The Bertz CT molecular complexity index is 1760. The van der Waals surface area contributed by atoms with Gasteiger partial charge in [-0.15, -0.1) is 11.3 Å². The minimum Gasteiger partial charge on any atom is -0.481 e. The number of carbonyl (C=O) groups is 4. The number of allylic oxidation sites excluding steroid dienone is 1. The largest absolute Gasteiger partial charge is 0.481 e. The molecule has 0 aliphatic rings. The number of rotatable bonds is 24. The Balaban J connectivity index is 1.77. The van der Waals surface area contributed by atoms with E-state index in [9.17, 15) is 24.3 Å². The van der Waals surface area contributed by atoms with E-state index >= 15 is 0 Å². The van der Waals surface area contributed by atoms with E-state index in [1.807, 2.05) is 68.1 Å². The number of unbranched alkanes of at least 4 members (excludes halogenated alkanes) is 2. The highest BCUT2D eigenvalue weighted by Crippen LogP contribution is 2.32. The third-order valence-corrected chi connectivity index (χ3v) is 10.8. The summed E-state index contributed by atoms with van der Waals surface area (Å²) in [4.78, 5) is 58.5. The minimum atomic E-state index is -1.11. The lowest BCUT2D eigenvalue weighted by Crippen LogP contribution is -2.45. The molecular weight excluding hydrogens is 743 g/mol. The third kappa shape index (κ3) is 15.8. The van der Waals surface area contributed by atoms with E-state index in [0.717, 1.165) is 30.4 Å². The first-order valence-electron chi connectivity index (χ1n) is 19.8. The molecule has 312 valence electrons. The molecule has 0 aliphatic heterocycles. The SMILES string of the molecule is CCCCC(=O)N(CCCC/C(N)=C/N(N)Cc1ccccc1)C(CC(OC(C)=O)c1nc(C(=O)NC(Cc2ccc(N)cc2)CC(C)(C)C(=O)O)cs1)C(C)C. The van der Waals surface area contributed by atoms with Crippen molar-refractivity contribution in [3.63, 3.8) is 0 Å². The van der Waals surface area contributed by atoms with Gasteiger partial charge in [-0.1, -0.05) is 69.7 Å². The van der Waals surface area contributed by atoms with Crippen molar-refractivity contribution in [2.75, 3.05) is 12.3 Å². The fraction of sp³-hybridized carbons (Fsp3) is 0.512. The van der Waals surface area contributed by atoms with Crippen LogP contribution in [0.15, 0.2) is 71.9 Å². The first-order chi connectivity index (χ1) is 27.0. The van der Waals surface area contributed by atoms with E-state index in [4.69, 9.17) is 22.0 Å². The molecule has 0 spiro atoms. The molecule has 0 saturated carbocycles.